The number of benzene rings is 2. The van der Waals surface area contributed by atoms with E-state index < -0.39 is 0 Å². The van der Waals surface area contributed by atoms with E-state index in [-0.39, 0.29) is 5.92 Å². The molecule has 3 rings (SSSR count). The van der Waals surface area contributed by atoms with Gasteiger partial charge in [0, 0.05) is 16.2 Å². The second-order valence-corrected chi connectivity index (χ2v) is 6.39. The Balaban J connectivity index is 1.83. The predicted molar refractivity (Wildman–Crippen MR) is 86.6 cm³/mol. The fraction of sp³-hybridized carbons (Fsp3) is 0.353. The van der Waals surface area contributed by atoms with Crippen LogP contribution >= 0.6 is 15.9 Å². The van der Waals surface area contributed by atoms with Crippen LogP contribution in [-0.2, 0) is 0 Å². The number of nitrogens with zero attached hydrogens (tertiary/aromatic N) is 1. The average Bonchev–Trinajstić information content (AvgIpc) is 2.48. The van der Waals surface area contributed by atoms with Gasteiger partial charge >= 0.3 is 0 Å². The van der Waals surface area contributed by atoms with Crippen molar-refractivity contribution in [3.05, 3.63) is 40.9 Å². The summed E-state index contributed by atoms with van der Waals surface area (Å²) in [6, 6.07) is 15.5. The highest BCUT2D eigenvalue weighted by Gasteiger charge is 2.24. The number of halogens is 1. The summed E-state index contributed by atoms with van der Waals surface area (Å²) in [7, 11) is 0. The van der Waals surface area contributed by atoms with E-state index in [4.69, 9.17) is 0 Å². The number of rotatable bonds is 2. The van der Waals surface area contributed by atoms with E-state index in [0.717, 1.165) is 23.0 Å². The summed E-state index contributed by atoms with van der Waals surface area (Å²) in [6.07, 6.45) is 4.52. The van der Waals surface area contributed by atoms with Crippen LogP contribution in [-0.4, -0.2) is 6.04 Å². The molecule has 0 aliphatic heterocycles. The lowest BCUT2D eigenvalue weighted by Gasteiger charge is -2.28. The number of fused-ring (bicyclic) bond motifs is 1. The fourth-order valence-electron chi connectivity index (χ4n) is 2.98. The molecule has 20 heavy (non-hydrogen) atoms. The lowest BCUT2D eigenvalue weighted by atomic mass is 9.85. The van der Waals surface area contributed by atoms with Crippen molar-refractivity contribution in [2.75, 3.05) is 5.32 Å². The Morgan fingerprint density at radius 3 is 2.65 bits per heavy atom. The summed E-state index contributed by atoms with van der Waals surface area (Å²) in [6.45, 7) is 0. The first-order valence-electron chi connectivity index (χ1n) is 7.12. The van der Waals surface area contributed by atoms with Gasteiger partial charge in [0.05, 0.1) is 12.0 Å². The summed E-state index contributed by atoms with van der Waals surface area (Å²) in [5.74, 6) is 0.143. The first-order valence-corrected chi connectivity index (χ1v) is 7.91. The Morgan fingerprint density at radius 2 is 1.80 bits per heavy atom. The van der Waals surface area contributed by atoms with Crippen molar-refractivity contribution in [2.24, 2.45) is 5.92 Å². The molecule has 2 aromatic rings. The van der Waals surface area contributed by atoms with E-state index in [1.807, 2.05) is 0 Å². The first kappa shape index (κ1) is 13.5. The predicted octanol–water partition coefficient (Wildman–Crippen LogP) is 5.10. The van der Waals surface area contributed by atoms with Crippen LogP contribution < -0.4 is 5.32 Å². The Morgan fingerprint density at radius 1 is 1.05 bits per heavy atom. The first-order chi connectivity index (χ1) is 9.76. The van der Waals surface area contributed by atoms with E-state index >= 15 is 0 Å². The molecule has 1 aliphatic carbocycles. The molecule has 1 fully saturated rings. The van der Waals surface area contributed by atoms with Crippen LogP contribution in [0.5, 0.6) is 0 Å². The minimum absolute atomic E-state index is 0.143. The smallest absolute Gasteiger partial charge is 0.0677 e. The van der Waals surface area contributed by atoms with Gasteiger partial charge in [-0.05, 0) is 47.9 Å². The van der Waals surface area contributed by atoms with Crippen LogP contribution in [0.4, 0.5) is 5.69 Å². The summed E-state index contributed by atoms with van der Waals surface area (Å²) in [5.41, 5.74) is 1.12. The molecule has 3 heteroatoms. The standard InChI is InChI=1S/C17H17BrN2/c18-15-7-5-13-10-16(8-6-12(13)9-15)20-17-4-2-1-3-14(17)11-19/h5-10,14,17,20H,1-4H2. The minimum atomic E-state index is 0.143. The number of hydrogen-bond acceptors (Lipinski definition) is 2. The highest BCUT2D eigenvalue weighted by atomic mass is 79.9. The van der Waals surface area contributed by atoms with Gasteiger partial charge in [0.25, 0.3) is 0 Å². The number of hydrogen-bond donors (Lipinski definition) is 1. The van der Waals surface area contributed by atoms with Gasteiger partial charge in [0.15, 0.2) is 0 Å². The van der Waals surface area contributed by atoms with E-state index in [9.17, 15) is 5.26 Å². The summed E-state index contributed by atoms with van der Waals surface area (Å²) >= 11 is 3.50. The van der Waals surface area contributed by atoms with E-state index in [1.165, 1.54) is 23.6 Å². The van der Waals surface area contributed by atoms with Crippen LogP contribution in [0.2, 0.25) is 0 Å². The SMILES string of the molecule is N#CC1CCCCC1Nc1ccc2cc(Br)ccc2c1. The zero-order valence-electron chi connectivity index (χ0n) is 11.3. The normalized spacial score (nSPS) is 22.4. The third kappa shape index (κ3) is 2.81. The van der Waals surface area contributed by atoms with Gasteiger partial charge in [-0.1, -0.05) is 40.9 Å². The molecule has 0 radical (unpaired) electrons. The third-order valence-corrected chi connectivity index (χ3v) is 4.58. The van der Waals surface area contributed by atoms with Crippen molar-refractivity contribution in [1.29, 1.82) is 5.26 Å². The van der Waals surface area contributed by atoms with Crippen LogP contribution in [0.3, 0.4) is 0 Å². The molecule has 1 saturated carbocycles. The van der Waals surface area contributed by atoms with Crippen LogP contribution in [0.15, 0.2) is 40.9 Å². The largest absolute Gasteiger partial charge is 0.381 e. The monoisotopic (exact) mass is 328 g/mol. The molecule has 0 aromatic heterocycles. The van der Waals surface area contributed by atoms with Gasteiger partial charge in [-0.2, -0.15) is 5.26 Å². The van der Waals surface area contributed by atoms with Gasteiger partial charge < -0.3 is 5.32 Å². The molecule has 1 aliphatic rings. The lowest BCUT2D eigenvalue weighted by Crippen LogP contribution is -2.31. The van der Waals surface area contributed by atoms with Gasteiger partial charge in [-0.15, -0.1) is 0 Å². The number of nitrogens with one attached hydrogen (secondary N) is 1. The molecule has 0 amide bonds. The topological polar surface area (TPSA) is 35.8 Å². The van der Waals surface area contributed by atoms with Crippen LogP contribution in [0.1, 0.15) is 25.7 Å². The van der Waals surface area contributed by atoms with Gasteiger partial charge in [-0.25, -0.2) is 0 Å². The zero-order valence-corrected chi connectivity index (χ0v) is 12.9. The van der Waals surface area contributed by atoms with Crippen molar-refractivity contribution in [3.8, 4) is 6.07 Å². The molecule has 2 atom stereocenters. The number of anilines is 1. The Labute approximate surface area is 127 Å². The quantitative estimate of drug-likeness (QED) is 0.832. The van der Waals surface area contributed by atoms with Crippen LogP contribution in [0.25, 0.3) is 10.8 Å². The lowest BCUT2D eigenvalue weighted by molar-refractivity contribution is 0.389. The number of nitriles is 1. The Bertz CT molecular complexity index is 660. The van der Waals surface area contributed by atoms with Crippen molar-refractivity contribution < 1.29 is 0 Å². The molecular formula is C17H17BrN2. The fourth-order valence-corrected chi connectivity index (χ4v) is 3.36. The molecule has 0 bridgehead atoms. The zero-order chi connectivity index (χ0) is 13.9. The van der Waals surface area contributed by atoms with Gasteiger partial charge in [-0.3, -0.25) is 0 Å². The van der Waals surface area contributed by atoms with E-state index in [0.29, 0.717) is 6.04 Å². The molecular weight excluding hydrogens is 312 g/mol. The highest BCUT2D eigenvalue weighted by Crippen LogP contribution is 2.28. The second kappa shape index (κ2) is 5.85. The summed E-state index contributed by atoms with van der Waals surface area (Å²) in [4.78, 5) is 0. The molecule has 0 heterocycles. The van der Waals surface area contributed by atoms with Crippen molar-refractivity contribution in [3.63, 3.8) is 0 Å². The van der Waals surface area contributed by atoms with E-state index in [1.54, 1.807) is 0 Å². The van der Waals surface area contributed by atoms with Gasteiger partial charge in [0.2, 0.25) is 0 Å². The molecule has 102 valence electrons. The summed E-state index contributed by atoms with van der Waals surface area (Å²) < 4.78 is 1.10. The maximum absolute atomic E-state index is 9.25. The average molecular weight is 329 g/mol. The Kier molecular flexibility index (Phi) is 3.93. The van der Waals surface area contributed by atoms with E-state index in [2.05, 4.69) is 63.7 Å². The molecule has 2 nitrogen and oxygen atoms in total. The maximum atomic E-state index is 9.25. The van der Waals surface area contributed by atoms with Crippen molar-refractivity contribution in [1.82, 2.24) is 0 Å². The summed E-state index contributed by atoms with van der Waals surface area (Å²) in [5, 5.41) is 15.3. The molecule has 2 aromatic carbocycles. The highest BCUT2D eigenvalue weighted by molar-refractivity contribution is 9.10. The molecule has 1 N–H and O–H groups in total. The maximum Gasteiger partial charge on any atom is 0.0677 e. The second-order valence-electron chi connectivity index (χ2n) is 5.48. The van der Waals surface area contributed by atoms with Gasteiger partial charge in [0.1, 0.15) is 0 Å². The van der Waals surface area contributed by atoms with Crippen molar-refractivity contribution in [2.45, 2.75) is 31.7 Å². The Hall–Kier alpha value is -1.53. The van der Waals surface area contributed by atoms with Crippen LogP contribution in [0, 0.1) is 17.2 Å². The molecule has 2 unspecified atom stereocenters. The molecule has 0 saturated heterocycles. The van der Waals surface area contributed by atoms with Crippen molar-refractivity contribution >= 4 is 32.4 Å². The molecule has 0 spiro atoms. The third-order valence-electron chi connectivity index (χ3n) is 4.09. The minimum Gasteiger partial charge on any atom is -0.381 e.